The second-order valence-corrected chi connectivity index (χ2v) is 8.75. The minimum absolute atomic E-state index is 0.228. The molecule has 0 aliphatic heterocycles. The summed E-state index contributed by atoms with van der Waals surface area (Å²) in [5.41, 5.74) is 4.65. The van der Waals surface area contributed by atoms with Crippen molar-refractivity contribution in [1.82, 2.24) is 5.43 Å². The molecule has 170 valence electrons. The molecule has 0 atom stereocenters. The number of halogens is 4. The average Bonchev–Trinajstić information content (AvgIpc) is 2.78. The van der Waals surface area contributed by atoms with Gasteiger partial charge in [0.15, 0.2) is 11.5 Å². The van der Waals surface area contributed by atoms with Gasteiger partial charge in [-0.2, -0.15) is 5.10 Å². The number of hydrogen-bond acceptors (Lipinski definition) is 4. The molecule has 0 unspecified atom stereocenters. The average molecular weight is 569 g/mol. The number of benzene rings is 3. The van der Waals surface area contributed by atoms with E-state index in [1.54, 1.807) is 42.5 Å². The van der Waals surface area contributed by atoms with E-state index in [0.717, 1.165) is 11.1 Å². The van der Waals surface area contributed by atoms with Crippen molar-refractivity contribution in [3.8, 4) is 11.5 Å². The van der Waals surface area contributed by atoms with E-state index >= 15 is 0 Å². The quantitative estimate of drug-likeness (QED) is 0.178. The van der Waals surface area contributed by atoms with Gasteiger partial charge in [-0.15, -0.1) is 0 Å². The second-order valence-electron chi connectivity index (χ2n) is 6.65. The van der Waals surface area contributed by atoms with Crippen LogP contribution in [0.1, 0.15) is 16.7 Å². The zero-order chi connectivity index (χ0) is 23.8. The Kier molecular flexibility index (Phi) is 9.21. The SMILES string of the molecule is COc1cc(/C=N\NC(=O)/C=C/c2ccccc2Cl)cc(Br)c1OCc1ccc(Cl)cc1Cl. The first-order valence-electron chi connectivity index (χ1n) is 9.57. The van der Waals surface area contributed by atoms with Crippen molar-refractivity contribution in [3.63, 3.8) is 0 Å². The number of carbonyl (C=O) groups is 1. The van der Waals surface area contributed by atoms with Crippen molar-refractivity contribution in [3.05, 3.63) is 96.9 Å². The number of amides is 1. The molecule has 3 aromatic rings. The van der Waals surface area contributed by atoms with Crippen molar-refractivity contribution < 1.29 is 14.3 Å². The molecule has 0 aliphatic carbocycles. The lowest BCUT2D eigenvalue weighted by Gasteiger charge is -2.14. The second kappa shape index (κ2) is 12.1. The highest BCUT2D eigenvalue weighted by atomic mass is 79.9. The molecule has 0 radical (unpaired) electrons. The Morgan fingerprint density at radius 3 is 2.61 bits per heavy atom. The Hall–Kier alpha value is -2.51. The van der Waals surface area contributed by atoms with Crippen LogP contribution in [-0.4, -0.2) is 19.2 Å². The Labute approximate surface area is 215 Å². The molecule has 0 fully saturated rings. The van der Waals surface area contributed by atoms with Crippen molar-refractivity contribution in [2.24, 2.45) is 5.10 Å². The lowest BCUT2D eigenvalue weighted by Crippen LogP contribution is -2.14. The predicted octanol–water partition coefficient (Wildman–Crippen LogP) is 7.16. The minimum atomic E-state index is -0.392. The molecule has 3 aromatic carbocycles. The van der Waals surface area contributed by atoms with Gasteiger partial charge in [-0.05, 0) is 63.5 Å². The van der Waals surface area contributed by atoms with Crippen LogP contribution in [0.4, 0.5) is 0 Å². The Morgan fingerprint density at radius 2 is 1.88 bits per heavy atom. The van der Waals surface area contributed by atoms with E-state index < -0.39 is 5.91 Å². The molecule has 1 N–H and O–H groups in total. The van der Waals surface area contributed by atoms with Crippen LogP contribution in [0.15, 0.2) is 70.2 Å². The van der Waals surface area contributed by atoms with Crippen LogP contribution in [0.5, 0.6) is 11.5 Å². The van der Waals surface area contributed by atoms with Gasteiger partial charge in [0, 0.05) is 26.7 Å². The molecule has 1 amide bonds. The van der Waals surface area contributed by atoms with Crippen molar-refractivity contribution in [1.29, 1.82) is 0 Å². The molecule has 33 heavy (non-hydrogen) atoms. The summed E-state index contributed by atoms with van der Waals surface area (Å²) in [6.45, 7) is 0.228. The summed E-state index contributed by atoms with van der Waals surface area (Å²) in [7, 11) is 1.53. The van der Waals surface area contributed by atoms with Crippen LogP contribution in [0.25, 0.3) is 6.08 Å². The molecule has 0 bridgehead atoms. The minimum Gasteiger partial charge on any atom is -0.493 e. The summed E-state index contributed by atoms with van der Waals surface area (Å²) in [6.07, 6.45) is 4.47. The first-order valence-corrected chi connectivity index (χ1v) is 11.5. The number of nitrogens with zero attached hydrogens (tertiary/aromatic N) is 1. The third kappa shape index (κ3) is 7.24. The van der Waals surface area contributed by atoms with Gasteiger partial charge >= 0.3 is 0 Å². The van der Waals surface area contributed by atoms with E-state index in [4.69, 9.17) is 44.3 Å². The Balaban J connectivity index is 1.65. The number of methoxy groups -OCH3 is 1. The maximum atomic E-state index is 12.0. The summed E-state index contributed by atoms with van der Waals surface area (Å²) in [5.74, 6) is 0.602. The number of ether oxygens (including phenoxy) is 2. The molecule has 0 saturated carbocycles. The highest BCUT2D eigenvalue weighted by molar-refractivity contribution is 9.10. The van der Waals surface area contributed by atoms with E-state index in [2.05, 4.69) is 26.5 Å². The standard InChI is InChI=1S/C24H18BrCl3N2O3/c1-32-22-11-15(13-29-30-23(31)9-7-16-4-2-3-5-20(16)27)10-19(25)24(22)33-14-17-6-8-18(26)12-21(17)28/h2-13H,14H2,1H3,(H,30,31)/b9-7+,29-13-. The number of hydrogen-bond donors (Lipinski definition) is 1. The fraction of sp³-hybridized carbons (Fsp3) is 0.0833. The molecule has 9 heteroatoms. The van der Waals surface area contributed by atoms with Gasteiger partial charge in [-0.25, -0.2) is 5.43 Å². The van der Waals surface area contributed by atoms with Crippen LogP contribution in [0.3, 0.4) is 0 Å². The summed E-state index contributed by atoms with van der Waals surface area (Å²) in [4.78, 5) is 12.0. The number of rotatable bonds is 8. The molecular weight excluding hydrogens is 551 g/mol. The van der Waals surface area contributed by atoms with Crippen molar-refractivity contribution >= 4 is 68.9 Å². The molecule has 0 heterocycles. The van der Waals surface area contributed by atoms with E-state index in [-0.39, 0.29) is 6.61 Å². The van der Waals surface area contributed by atoms with Crippen molar-refractivity contribution in [2.75, 3.05) is 7.11 Å². The lowest BCUT2D eigenvalue weighted by atomic mass is 10.2. The topological polar surface area (TPSA) is 59.9 Å². The highest BCUT2D eigenvalue weighted by Crippen LogP contribution is 2.37. The van der Waals surface area contributed by atoms with Crippen LogP contribution < -0.4 is 14.9 Å². The van der Waals surface area contributed by atoms with Crippen LogP contribution in [0, 0.1) is 0 Å². The third-order valence-electron chi connectivity index (χ3n) is 4.35. The van der Waals surface area contributed by atoms with Gasteiger partial charge in [-0.3, -0.25) is 4.79 Å². The summed E-state index contributed by atoms with van der Waals surface area (Å²) >= 11 is 21.7. The van der Waals surface area contributed by atoms with Crippen molar-refractivity contribution in [2.45, 2.75) is 6.61 Å². The number of nitrogens with one attached hydrogen (secondary N) is 1. The molecule has 0 aromatic heterocycles. The fourth-order valence-electron chi connectivity index (χ4n) is 2.73. The van der Waals surface area contributed by atoms with Crippen LogP contribution in [-0.2, 0) is 11.4 Å². The van der Waals surface area contributed by atoms with Crippen LogP contribution >= 0.6 is 50.7 Å². The molecular formula is C24H18BrCl3N2O3. The first kappa shape index (κ1) is 25.1. The normalized spacial score (nSPS) is 11.2. The van der Waals surface area contributed by atoms with Gasteiger partial charge in [0.2, 0.25) is 0 Å². The smallest absolute Gasteiger partial charge is 0.264 e. The number of carbonyl (C=O) groups excluding carboxylic acids is 1. The zero-order valence-electron chi connectivity index (χ0n) is 17.3. The number of hydrazone groups is 1. The Morgan fingerprint density at radius 1 is 1.09 bits per heavy atom. The monoisotopic (exact) mass is 566 g/mol. The van der Waals surface area contributed by atoms with E-state index in [1.165, 1.54) is 19.4 Å². The predicted molar refractivity (Wildman–Crippen MR) is 138 cm³/mol. The highest BCUT2D eigenvalue weighted by Gasteiger charge is 2.12. The fourth-order valence-corrected chi connectivity index (χ4v) is 3.96. The van der Waals surface area contributed by atoms with Gasteiger partial charge in [0.05, 0.1) is 17.8 Å². The van der Waals surface area contributed by atoms with Gasteiger partial charge in [0.1, 0.15) is 6.61 Å². The molecule has 3 rings (SSSR count). The molecule has 0 saturated heterocycles. The van der Waals surface area contributed by atoms with Crippen LogP contribution in [0.2, 0.25) is 15.1 Å². The zero-order valence-corrected chi connectivity index (χ0v) is 21.2. The van der Waals surface area contributed by atoms with E-state index in [0.29, 0.717) is 36.6 Å². The summed E-state index contributed by atoms with van der Waals surface area (Å²) in [6, 6.07) is 15.9. The maximum absolute atomic E-state index is 12.0. The molecule has 0 spiro atoms. The van der Waals surface area contributed by atoms with E-state index in [1.807, 2.05) is 18.2 Å². The van der Waals surface area contributed by atoms with Gasteiger partial charge in [0.25, 0.3) is 5.91 Å². The first-order chi connectivity index (χ1) is 15.9. The molecule has 0 aliphatic rings. The largest absolute Gasteiger partial charge is 0.493 e. The molecule has 5 nitrogen and oxygen atoms in total. The lowest BCUT2D eigenvalue weighted by molar-refractivity contribution is -0.116. The summed E-state index contributed by atoms with van der Waals surface area (Å²) in [5, 5.41) is 5.61. The maximum Gasteiger partial charge on any atom is 0.264 e. The van der Waals surface area contributed by atoms with E-state index in [9.17, 15) is 4.79 Å². The third-order valence-corrected chi connectivity index (χ3v) is 5.87. The van der Waals surface area contributed by atoms with Gasteiger partial charge < -0.3 is 9.47 Å². The summed E-state index contributed by atoms with van der Waals surface area (Å²) < 4.78 is 12.0. The van der Waals surface area contributed by atoms with Gasteiger partial charge in [-0.1, -0.05) is 59.1 Å². The Bertz CT molecular complexity index is 1220.